The molecule has 0 radical (unpaired) electrons. The minimum Gasteiger partial charge on any atom is -0.350 e. The fraction of sp³-hybridized carbons (Fsp3) is 0.417. The number of nitrogens with one attached hydrogen (secondary N) is 1. The SMILES string of the molecule is CCC(C(=O)NC(C)(C)C)N(Cc1ccc(F)cc1)C(=O)CN(c1ccc(F)c(F)c1)S(C)(=O)=O. The molecule has 2 aromatic carbocycles. The number of anilines is 1. The number of amides is 2. The molecule has 1 N–H and O–H groups in total. The summed E-state index contributed by atoms with van der Waals surface area (Å²) in [5.41, 5.74) is -0.325. The minimum absolute atomic E-state index is 0.107. The van der Waals surface area contributed by atoms with Gasteiger partial charge in [-0.2, -0.15) is 0 Å². The smallest absolute Gasteiger partial charge is 0.244 e. The maximum atomic E-state index is 13.8. The van der Waals surface area contributed by atoms with Crippen LogP contribution in [0.3, 0.4) is 0 Å². The zero-order valence-corrected chi connectivity index (χ0v) is 21.1. The number of hydrogen-bond donors (Lipinski definition) is 1. The van der Waals surface area contributed by atoms with Gasteiger partial charge in [-0.3, -0.25) is 13.9 Å². The van der Waals surface area contributed by atoms with Gasteiger partial charge in [-0.05, 0) is 57.0 Å². The molecule has 0 saturated carbocycles. The van der Waals surface area contributed by atoms with E-state index in [9.17, 15) is 31.2 Å². The molecule has 0 fully saturated rings. The molecule has 192 valence electrons. The summed E-state index contributed by atoms with van der Waals surface area (Å²) >= 11 is 0. The lowest BCUT2D eigenvalue weighted by molar-refractivity contribution is -0.141. The van der Waals surface area contributed by atoms with Crippen LogP contribution < -0.4 is 9.62 Å². The first-order chi connectivity index (χ1) is 16.1. The summed E-state index contributed by atoms with van der Waals surface area (Å²) in [6.45, 7) is 6.16. The molecule has 11 heteroatoms. The number of carbonyl (C=O) groups excluding carboxylic acids is 2. The fourth-order valence-electron chi connectivity index (χ4n) is 3.41. The van der Waals surface area contributed by atoms with Crippen molar-refractivity contribution in [2.75, 3.05) is 17.1 Å². The van der Waals surface area contributed by atoms with Crippen LogP contribution in [0, 0.1) is 17.5 Å². The predicted octanol–water partition coefficient (Wildman–Crippen LogP) is 3.59. The van der Waals surface area contributed by atoms with E-state index in [0.29, 0.717) is 15.9 Å². The molecule has 35 heavy (non-hydrogen) atoms. The van der Waals surface area contributed by atoms with Gasteiger partial charge in [0.25, 0.3) is 0 Å². The van der Waals surface area contributed by atoms with Crippen LogP contribution >= 0.6 is 0 Å². The van der Waals surface area contributed by atoms with E-state index in [1.54, 1.807) is 27.7 Å². The van der Waals surface area contributed by atoms with Crippen LogP contribution in [-0.4, -0.2) is 49.5 Å². The Balaban J connectivity index is 2.47. The molecule has 1 atom stereocenters. The number of benzene rings is 2. The molecule has 0 bridgehead atoms. The zero-order valence-electron chi connectivity index (χ0n) is 20.3. The van der Waals surface area contributed by atoms with Crippen molar-refractivity contribution in [3.05, 3.63) is 65.5 Å². The van der Waals surface area contributed by atoms with E-state index < -0.39 is 57.4 Å². The first-order valence-corrected chi connectivity index (χ1v) is 12.8. The summed E-state index contributed by atoms with van der Waals surface area (Å²) in [7, 11) is -4.09. The number of carbonyl (C=O) groups is 2. The van der Waals surface area contributed by atoms with Gasteiger partial charge >= 0.3 is 0 Å². The predicted molar refractivity (Wildman–Crippen MR) is 127 cm³/mol. The zero-order chi connectivity index (χ0) is 26.6. The molecule has 2 rings (SSSR count). The van der Waals surface area contributed by atoms with Crippen molar-refractivity contribution in [2.45, 2.75) is 52.2 Å². The van der Waals surface area contributed by atoms with Crippen molar-refractivity contribution in [1.29, 1.82) is 0 Å². The summed E-state index contributed by atoms with van der Waals surface area (Å²) in [4.78, 5) is 27.7. The summed E-state index contributed by atoms with van der Waals surface area (Å²) in [5.74, 6) is -4.13. The molecular weight excluding hydrogens is 483 g/mol. The first kappa shape index (κ1) is 28.2. The highest BCUT2D eigenvalue weighted by atomic mass is 32.2. The van der Waals surface area contributed by atoms with Crippen molar-refractivity contribution in [1.82, 2.24) is 10.2 Å². The third-order valence-corrected chi connectivity index (χ3v) is 6.16. The van der Waals surface area contributed by atoms with E-state index in [4.69, 9.17) is 0 Å². The third-order valence-electron chi connectivity index (χ3n) is 5.02. The van der Waals surface area contributed by atoms with E-state index in [2.05, 4.69) is 5.32 Å². The molecule has 0 spiro atoms. The Morgan fingerprint density at radius 3 is 2.09 bits per heavy atom. The lowest BCUT2D eigenvalue weighted by Crippen LogP contribution is -2.55. The van der Waals surface area contributed by atoms with E-state index in [-0.39, 0.29) is 18.7 Å². The molecule has 7 nitrogen and oxygen atoms in total. The highest BCUT2D eigenvalue weighted by molar-refractivity contribution is 7.92. The number of halogens is 3. The van der Waals surface area contributed by atoms with Gasteiger partial charge in [-0.15, -0.1) is 0 Å². The van der Waals surface area contributed by atoms with Crippen LogP contribution in [-0.2, 0) is 26.2 Å². The molecule has 0 aliphatic rings. The number of nitrogens with zero attached hydrogens (tertiary/aromatic N) is 2. The summed E-state index contributed by atoms with van der Waals surface area (Å²) < 4.78 is 66.2. The van der Waals surface area contributed by atoms with Crippen molar-refractivity contribution in [3.63, 3.8) is 0 Å². The summed E-state index contributed by atoms with van der Waals surface area (Å²) in [5, 5.41) is 2.81. The fourth-order valence-corrected chi connectivity index (χ4v) is 4.25. The summed E-state index contributed by atoms with van der Waals surface area (Å²) in [6, 6.07) is 6.82. The topological polar surface area (TPSA) is 86.8 Å². The van der Waals surface area contributed by atoms with Crippen molar-refractivity contribution in [2.24, 2.45) is 0 Å². The Labute approximate surface area is 204 Å². The van der Waals surface area contributed by atoms with Crippen molar-refractivity contribution >= 4 is 27.5 Å². The molecular formula is C24H30F3N3O4S. The second-order valence-electron chi connectivity index (χ2n) is 9.18. The van der Waals surface area contributed by atoms with Crippen LogP contribution in [0.2, 0.25) is 0 Å². The van der Waals surface area contributed by atoms with Gasteiger partial charge < -0.3 is 10.2 Å². The van der Waals surface area contributed by atoms with Gasteiger partial charge in [0, 0.05) is 18.2 Å². The number of hydrogen-bond acceptors (Lipinski definition) is 4. The second-order valence-corrected chi connectivity index (χ2v) is 11.1. The van der Waals surface area contributed by atoms with Crippen molar-refractivity contribution in [3.8, 4) is 0 Å². The van der Waals surface area contributed by atoms with E-state index in [1.165, 1.54) is 29.2 Å². The highest BCUT2D eigenvalue weighted by Crippen LogP contribution is 2.22. The molecule has 2 aromatic rings. The average molecular weight is 514 g/mol. The van der Waals surface area contributed by atoms with Gasteiger partial charge in [-0.1, -0.05) is 19.1 Å². The Bertz CT molecular complexity index is 1170. The normalized spacial score (nSPS) is 12.7. The van der Waals surface area contributed by atoms with Crippen molar-refractivity contribution < 1.29 is 31.2 Å². The molecule has 0 aromatic heterocycles. The van der Waals surface area contributed by atoms with Gasteiger partial charge in [-0.25, -0.2) is 21.6 Å². The molecule has 0 aliphatic heterocycles. The highest BCUT2D eigenvalue weighted by Gasteiger charge is 2.33. The Kier molecular flexibility index (Phi) is 8.94. The van der Waals surface area contributed by atoms with Gasteiger partial charge in [0.05, 0.1) is 11.9 Å². The van der Waals surface area contributed by atoms with E-state index in [1.807, 2.05) is 0 Å². The maximum Gasteiger partial charge on any atom is 0.244 e. The quantitative estimate of drug-likeness (QED) is 0.555. The maximum absolute atomic E-state index is 13.8. The summed E-state index contributed by atoms with van der Waals surface area (Å²) in [6.07, 6.45) is 1.04. The van der Waals surface area contributed by atoms with Crippen LogP contribution in [0.15, 0.2) is 42.5 Å². The Morgan fingerprint density at radius 2 is 1.60 bits per heavy atom. The average Bonchev–Trinajstić information content (AvgIpc) is 2.73. The molecule has 0 heterocycles. The molecule has 2 amide bonds. The molecule has 0 saturated heterocycles. The van der Waals surface area contributed by atoms with Crippen LogP contribution in [0.1, 0.15) is 39.7 Å². The third kappa shape index (κ3) is 7.98. The van der Waals surface area contributed by atoms with Crippen LogP contribution in [0.25, 0.3) is 0 Å². The van der Waals surface area contributed by atoms with Crippen LogP contribution in [0.5, 0.6) is 0 Å². The standard InChI is InChI=1S/C24H30F3N3O4S/c1-6-21(23(32)28-24(2,3)4)29(14-16-7-9-17(25)10-8-16)22(31)15-30(35(5,33)34)18-11-12-19(26)20(27)13-18/h7-13,21H,6,14-15H2,1-5H3,(H,28,32). The first-order valence-electron chi connectivity index (χ1n) is 10.9. The lowest BCUT2D eigenvalue weighted by Gasteiger charge is -2.34. The van der Waals surface area contributed by atoms with Gasteiger partial charge in [0.2, 0.25) is 21.8 Å². The number of sulfonamides is 1. The number of rotatable bonds is 9. The molecule has 0 aliphatic carbocycles. The lowest BCUT2D eigenvalue weighted by atomic mass is 10.1. The minimum atomic E-state index is -4.09. The monoisotopic (exact) mass is 513 g/mol. The Morgan fingerprint density at radius 1 is 1.00 bits per heavy atom. The van der Waals surface area contributed by atoms with Gasteiger partial charge in [0.1, 0.15) is 18.4 Å². The van der Waals surface area contributed by atoms with Crippen LogP contribution in [0.4, 0.5) is 18.9 Å². The second kappa shape index (κ2) is 11.1. The van der Waals surface area contributed by atoms with E-state index in [0.717, 1.165) is 18.4 Å². The van der Waals surface area contributed by atoms with Gasteiger partial charge in [0.15, 0.2) is 11.6 Å². The van der Waals surface area contributed by atoms with E-state index >= 15 is 0 Å². The largest absolute Gasteiger partial charge is 0.350 e. The Hall–Kier alpha value is -3.08. The molecule has 1 unspecified atom stereocenters.